The van der Waals surface area contributed by atoms with Crippen LogP contribution in [0.15, 0.2) is 71.8 Å². The summed E-state index contributed by atoms with van der Waals surface area (Å²) in [6, 6.07) is 19.3. The molecule has 2 aromatic carbocycles. The molecule has 0 fully saturated rings. The maximum Gasteiger partial charge on any atom is 0.331 e. The molecule has 0 N–H and O–H groups in total. The van der Waals surface area contributed by atoms with Gasteiger partial charge < -0.3 is 4.74 Å². The molecule has 1 unspecified atom stereocenters. The van der Waals surface area contributed by atoms with Crippen LogP contribution in [0.3, 0.4) is 0 Å². The van der Waals surface area contributed by atoms with Gasteiger partial charge in [-0.3, -0.25) is 9.13 Å². The largest absolute Gasteiger partial charge is 0.437 e. The fourth-order valence-electron chi connectivity index (χ4n) is 3.25. The van der Waals surface area contributed by atoms with Crippen LogP contribution >= 0.6 is 0 Å². The minimum Gasteiger partial charge on any atom is -0.437 e. The number of fused-ring (bicyclic) bond motifs is 1. The molecule has 28 heavy (non-hydrogen) atoms. The molecular weight excluding hydrogens is 352 g/mol. The molecule has 0 aliphatic rings. The Kier molecular flexibility index (Phi) is 4.93. The van der Waals surface area contributed by atoms with Gasteiger partial charge in [-0.1, -0.05) is 55.5 Å². The quantitative estimate of drug-likeness (QED) is 0.502. The lowest BCUT2D eigenvalue weighted by Gasteiger charge is -2.10. The fraction of sp³-hybridized carbons (Fsp3) is 0.227. The molecule has 6 heteroatoms. The van der Waals surface area contributed by atoms with E-state index in [1.165, 1.54) is 6.33 Å². The molecule has 4 aromatic rings. The Balaban J connectivity index is 1.92. The zero-order valence-corrected chi connectivity index (χ0v) is 15.9. The van der Waals surface area contributed by atoms with Gasteiger partial charge in [-0.15, -0.1) is 0 Å². The van der Waals surface area contributed by atoms with Crippen molar-refractivity contribution in [3.8, 4) is 11.6 Å². The lowest BCUT2D eigenvalue weighted by Crippen LogP contribution is -2.26. The average molecular weight is 374 g/mol. The summed E-state index contributed by atoms with van der Waals surface area (Å²) in [6.45, 7) is 4.51. The molecule has 4 rings (SSSR count). The van der Waals surface area contributed by atoms with E-state index >= 15 is 0 Å². The highest BCUT2D eigenvalue weighted by molar-refractivity contribution is 5.77. The van der Waals surface area contributed by atoms with Crippen molar-refractivity contribution >= 4 is 11.2 Å². The van der Waals surface area contributed by atoms with E-state index < -0.39 is 0 Å². The first-order valence-electron chi connectivity index (χ1n) is 9.41. The van der Waals surface area contributed by atoms with Crippen LogP contribution in [0.1, 0.15) is 31.9 Å². The van der Waals surface area contributed by atoms with E-state index in [9.17, 15) is 4.79 Å². The second-order valence-corrected chi connectivity index (χ2v) is 6.75. The molecule has 142 valence electrons. The normalized spacial score (nSPS) is 12.2. The SMILES string of the molecule is CCC(C)n1c(=O)n(Cc2ccccc2)c2c(Oc3ccccc3)ncnc21. The summed E-state index contributed by atoms with van der Waals surface area (Å²) in [7, 11) is 0. The minimum absolute atomic E-state index is 0.0199. The minimum atomic E-state index is -0.105. The third-order valence-corrected chi connectivity index (χ3v) is 4.88. The van der Waals surface area contributed by atoms with Gasteiger partial charge in [0.15, 0.2) is 11.2 Å². The van der Waals surface area contributed by atoms with Crippen molar-refractivity contribution in [2.75, 3.05) is 0 Å². The zero-order valence-electron chi connectivity index (χ0n) is 15.9. The lowest BCUT2D eigenvalue weighted by molar-refractivity contribution is 0.464. The smallest absolute Gasteiger partial charge is 0.331 e. The monoisotopic (exact) mass is 374 g/mol. The van der Waals surface area contributed by atoms with Gasteiger partial charge in [-0.05, 0) is 31.0 Å². The van der Waals surface area contributed by atoms with E-state index in [0.717, 1.165) is 12.0 Å². The maximum atomic E-state index is 13.3. The van der Waals surface area contributed by atoms with Crippen LogP contribution in [0.2, 0.25) is 0 Å². The molecule has 6 nitrogen and oxygen atoms in total. The van der Waals surface area contributed by atoms with Crippen molar-refractivity contribution in [3.63, 3.8) is 0 Å². The highest BCUT2D eigenvalue weighted by atomic mass is 16.5. The Morgan fingerprint density at radius 3 is 2.36 bits per heavy atom. The molecule has 2 heterocycles. The summed E-state index contributed by atoms with van der Waals surface area (Å²) in [5.41, 5.74) is 2.13. The van der Waals surface area contributed by atoms with Gasteiger partial charge in [-0.2, -0.15) is 4.98 Å². The summed E-state index contributed by atoms with van der Waals surface area (Å²) in [5, 5.41) is 0. The number of ether oxygens (including phenoxy) is 1. The van der Waals surface area contributed by atoms with Crippen molar-refractivity contribution in [1.29, 1.82) is 0 Å². The molecule has 2 aromatic heterocycles. The van der Waals surface area contributed by atoms with Crippen molar-refractivity contribution < 1.29 is 4.74 Å². The van der Waals surface area contributed by atoms with Crippen molar-refractivity contribution in [1.82, 2.24) is 19.1 Å². The molecule has 0 radical (unpaired) electrons. The average Bonchev–Trinajstić information content (AvgIpc) is 3.01. The number of aromatic nitrogens is 4. The number of hydrogen-bond donors (Lipinski definition) is 0. The van der Waals surface area contributed by atoms with Crippen LogP contribution < -0.4 is 10.4 Å². The van der Waals surface area contributed by atoms with Crippen LogP contribution in [0.25, 0.3) is 11.2 Å². The number of hydrogen-bond acceptors (Lipinski definition) is 4. The van der Waals surface area contributed by atoms with Crippen molar-refractivity contribution in [2.24, 2.45) is 0 Å². The molecule has 0 amide bonds. The van der Waals surface area contributed by atoms with Crippen LogP contribution in [0.4, 0.5) is 0 Å². The number of para-hydroxylation sites is 1. The number of benzene rings is 2. The number of nitrogens with zero attached hydrogens (tertiary/aromatic N) is 4. The van der Waals surface area contributed by atoms with Crippen molar-refractivity contribution in [3.05, 3.63) is 83.0 Å². The lowest BCUT2D eigenvalue weighted by atomic mass is 10.2. The summed E-state index contributed by atoms with van der Waals surface area (Å²) in [5.74, 6) is 1.05. The van der Waals surface area contributed by atoms with Crippen LogP contribution in [-0.4, -0.2) is 19.1 Å². The molecular formula is C22H22N4O2. The Morgan fingerprint density at radius 2 is 1.68 bits per heavy atom. The Hall–Kier alpha value is -3.41. The van der Waals surface area contributed by atoms with E-state index in [0.29, 0.717) is 29.3 Å². The topological polar surface area (TPSA) is 61.9 Å². The highest BCUT2D eigenvalue weighted by Crippen LogP contribution is 2.28. The van der Waals surface area contributed by atoms with Gasteiger partial charge in [0.05, 0.1) is 6.54 Å². The van der Waals surface area contributed by atoms with Gasteiger partial charge in [0.25, 0.3) is 0 Å². The van der Waals surface area contributed by atoms with Crippen molar-refractivity contribution in [2.45, 2.75) is 32.9 Å². The summed E-state index contributed by atoms with van der Waals surface area (Å²) < 4.78 is 9.46. The van der Waals surface area contributed by atoms with Crippen LogP contribution in [-0.2, 0) is 6.54 Å². The molecule has 0 saturated heterocycles. The second kappa shape index (κ2) is 7.68. The van der Waals surface area contributed by atoms with E-state index in [1.807, 2.05) is 67.6 Å². The predicted octanol–water partition coefficient (Wildman–Crippen LogP) is 4.40. The predicted molar refractivity (Wildman–Crippen MR) is 109 cm³/mol. The molecule has 0 saturated carbocycles. The first-order valence-corrected chi connectivity index (χ1v) is 9.41. The van der Waals surface area contributed by atoms with Crippen LogP contribution in [0, 0.1) is 0 Å². The summed E-state index contributed by atoms with van der Waals surface area (Å²) >= 11 is 0. The van der Waals surface area contributed by atoms with Crippen LogP contribution in [0.5, 0.6) is 11.6 Å². The Labute approximate surface area is 163 Å². The fourth-order valence-corrected chi connectivity index (χ4v) is 3.25. The maximum absolute atomic E-state index is 13.3. The third kappa shape index (κ3) is 3.29. The number of imidazole rings is 1. The van der Waals surface area contributed by atoms with E-state index in [4.69, 9.17) is 4.74 Å². The Morgan fingerprint density at radius 1 is 1.00 bits per heavy atom. The first kappa shape index (κ1) is 18.0. The van der Waals surface area contributed by atoms with E-state index in [2.05, 4.69) is 16.9 Å². The number of rotatable bonds is 6. The zero-order chi connectivity index (χ0) is 19.5. The van der Waals surface area contributed by atoms with Gasteiger partial charge in [0.1, 0.15) is 12.1 Å². The van der Waals surface area contributed by atoms with E-state index in [1.54, 1.807) is 9.13 Å². The molecule has 0 aliphatic heterocycles. The molecule has 0 spiro atoms. The summed E-state index contributed by atoms with van der Waals surface area (Å²) in [4.78, 5) is 22.1. The van der Waals surface area contributed by atoms with Gasteiger partial charge in [-0.25, -0.2) is 9.78 Å². The highest BCUT2D eigenvalue weighted by Gasteiger charge is 2.22. The standard InChI is InChI=1S/C22H22N4O2/c1-3-16(2)26-20-19(25(22(26)27)14-17-10-6-4-7-11-17)21(24-15-23-20)28-18-12-8-5-9-13-18/h4-13,15-16H,3,14H2,1-2H3. The molecule has 0 aliphatic carbocycles. The first-order chi connectivity index (χ1) is 13.7. The van der Waals surface area contributed by atoms with Gasteiger partial charge >= 0.3 is 5.69 Å². The van der Waals surface area contributed by atoms with Gasteiger partial charge in [0.2, 0.25) is 5.88 Å². The molecule has 0 bridgehead atoms. The summed E-state index contributed by atoms with van der Waals surface area (Å²) in [6.07, 6.45) is 2.27. The molecule has 1 atom stereocenters. The Bertz CT molecular complexity index is 1130. The van der Waals surface area contributed by atoms with E-state index in [-0.39, 0.29) is 11.7 Å². The second-order valence-electron chi connectivity index (χ2n) is 6.75. The van der Waals surface area contributed by atoms with Gasteiger partial charge in [0, 0.05) is 6.04 Å². The third-order valence-electron chi connectivity index (χ3n) is 4.88.